The lowest BCUT2D eigenvalue weighted by Gasteiger charge is -2.24. The highest BCUT2D eigenvalue weighted by Gasteiger charge is 2.33. The maximum absolute atomic E-state index is 11.9. The van der Waals surface area contributed by atoms with Crippen LogP contribution in [0.3, 0.4) is 0 Å². The molecule has 30 heavy (non-hydrogen) atoms. The first-order chi connectivity index (χ1) is 14.2. The molecule has 0 aromatic heterocycles. The van der Waals surface area contributed by atoms with Gasteiger partial charge in [-0.1, -0.05) is 33.6 Å². The summed E-state index contributed by atoms with van der Waals surface area (Å²) in [5, 5.41) is 10.4. The van der Waals surface area contributed by atoms with Crippen LogP contribution in [0.2, 0.25) is 0 Å². The molecule has 2 N–H and O–H groups in total. The summed E-state index contributed by atoms with van der Waals surface area (Å²) < 4.78 is 51.3. The van der Waals surface area contributed by atoms with Crippen molar-refractivity contribution in [2.24, 2.45) is 0 Å². The van der Waals surface area contributed by atoms with E-state index >= 15 is 0 Å². The summed E-state index contributed by atoms with van der Waals surface area (Å²) in [6.45, 7) is 2.81. The van der Waals surface area contributed by atoms with Crippen molar-refractivity contribution in [3.05, 3.63) is 58.1 Å². The number of halogens is 1. The van der Waals surface area contributed by atoms with E-state index in [0.717, 1.165) is 10.0 Å². The van der Waals surface area contributed by atoms with Gasteiger partial charge in [0.05, 0.1) is 31.3 Å². The van der Waals surface area contributed by atoms with E-state index in [-0.39, 0.29) is 31.3 Å². The molecule has 0 aliphatic carbocycles. The minimum Gasteiger partial charge on any atom is -0.493 e. The molecule has 0 saturated carbocycles. The standard InChI is InChI=1S/C21H25BrO7S/c1-15-2-7-20(30(24,25)26)19(10-15)16(11-28-14-21(23)8-9-27-13-21)12-29-18-5-3-17(22)4-6-18/h2-7,10,16,23H,8-9,11-14H2,1H3,(H,24,25,26). The fourth-order valence-corrected chi connectivity index (χ4v) is 4.31. The first-order valence-electron chi connectivity index (χ1n) is 9.51. The molecule has 2 atom stereocenters. The quantitative estimate of drug-likeness (QED) is 0.509. The van der Waals surface area contributed by atoms with E-state index in [9.17, 15) is 18.1 Å². The van der Waals surface area contributed by atoms with Crippen molar-refractivity contribution in [3.8, 4) is 5.75 Å². The van der Waals surface area contributed by atoms with Gasteiger partial charge in [0.1, 0.15) is 11.4 Å². The van der Waals surface area contributed by atoms with Crippen molar-refractivity contribution in [2.45, 2.75) is 29.8 Å². The number of rotatable bonds is 9. The molecule has 2 aromatic carbocycles. The van der Waals surface area contributed by atoms with Gasteiger partial charge < -0.3 is 19.3 Å². The average molecular weight is 501 g/mol. The Kier molecular flexibility index (Phi) is 7.54. The molecule has 1 fully saturated rings. The smallest absolute Gasteiger partial charge is 0.294 e. The van der Waals surface area contributed by atoms with E-state index in [1.54, 1.807) is 24.3 Å². The first kappa shape index (κ1) is 23.2. The second-order valence-electron chi connectivity index (χ2n) is 7.52. The van der Waals surface area contributed by atoms with Gasteiger partial charge in [0.2, 0.25) is 0 Å². The molecule has 9 heteroatoms. The Hall–Kier alpha value is -1.49. The Morgan fingerprint density at radius 3 is 2.57 bits per heavy atom. The third kappa shape index (κ3) is 6.26. The molecule has 0 bridgehead atoms. The van der Waals surface area contributed by atoms with Crippen LogP contribution in [0.4, 0.5) is 0 Å². The molecule has 0 amide bonds. The summed E-state index contributed by atoms with van der Waals surface area (Å²) >= 11 is 3.37. The van der Waals surface area contributed by atoms with Crippen molar-refractivity contribution >= 4 is 26.0 Å². The molecule has 7 nitrogen and oxygen atoms in total. The lowest BCUT2D eigenvalue weighted by atomic mass is 9.98. The highest BCUT2D eigenvalue weighted by molar-refractivity contribution is 9.10. The molecule has 2 aromatic rings. The molecule has 3 rings (SSSR count). The van der Waals surface area contributed by atoms with Crippen molar-refractivity contribution in [1.29, 1.82) is 0 Å². The van der Waals surface area contributed by atoms with Gasteiger partial charge in [-0.15, -0.1) is 0 Å². The van der Waals surface area contributed by atoms with Gasteiger partial charge in [0.15, 0.2) is 0 Å². The largest absolute Gasteiger partial charge is 0.493 e. The molecule has 1 aliphatic heterocycles. The van der Waals surface area contributed by atoms with Crippen LogP contribution in [0.25, 0.3) is 0 Å². The Morgan fingerprint density at radius 1 is 1.20 bits per heavy atom. The van der Waals surface area contributed by atoms with Crippen LogP contribution in [0.5, 0.6) is 5.75 Å². The van der Waals surface area contributed by atoms with Crippen LogP contribution in [0.15, 0.2) is 51.8 Å². The Morgan fingerprint density at radius 2 is 1.93 bits per heavy atom. The van der Waals surface area contributed by atoms with Crippen LogP contribution in [-0.4, -0.2) is 56.7 Å². The van der Waals surface area contributed by atoms with Crippen molar-refractivity contribution < 1.29 is 32.3 Å². The van der Waals surface area contributed by atoms with E-state index in [0.29, 0.717) is 24.3 Å². The summed E-state index contributed by atoms with van der Waals surface area (Å²) in [6, 6.07) is 12.0. The summed E-state index contributed by atoms with van der Waals surface area (Å²) in [7, 11) is -4.42. The Balaban J connectivity index is 1.81. The zero-order valence-corrected chi connectivity index (χ0v) is 19.0. The number of ether oxygens (including phenoxy) is 3. The second kappa shape index (κ2) is 9.76. The zero-order valence-electron chi connectivity index (χ0n) is 16.6. The third-order valence-electron chi connectivity index (χ3n) is 4.92. The van der Waals surface area contributed by atoms with Crippen LogP contribution in [-0.2, 0) is 19.6 Å². The number of hydrogen-bond donors (Lipinski definition) is 2. The summed E-state index contributed by atoms with van der Waals surface area (Å²) in [5.41, 5.74) is 0.202. The summed E-state index contributed by atoms with van der Waals surface area (Å²) in [6.07, 6.45) is 0.480. The van der Waals surface area contributed by atoms with Crippen molar-refractivity contribution in [3.63, 3.8) is 0 Å². The van der Waals surface area contributed by atoms with Gasteiger partial charge in [-0.2, -0.15) is 8.42 Å². The number of benzene rings is 2. The van der Waals surface area contributed by atoms with Crippen LogP contribution >= 0.6 is 15.9 Å². The molecule has 1 aliphatic rings. The molecule has 1 heterocycles. The summed E-state index contributed by atoms with van der Waals surface area (Å²) in [5.74, 6) is 0.128. The van der Waals surface area contributed by atoms with Gasteiger partial charge in [-0.05, 0) is 42.8 Å². The normalized spacial score (nSPS) is 20.3. The lowest BCUT2D eigenvalue weighted by molar-refractivity contribution is -0.0537. The maximum atomic E-state index is 11.9. The molecule has 2 unspecified atom stereocenters. The Bertz CT molecular complexity index is 954. The fourth-order valence-electron chi connectivity index (χ4n) is 3.28. The van der Waals surface area contributed by atoms with Crippen LogP contribution in [0.1, 0.15) is 23.5 Å². The van der Waals surface area contributed by atoms with E-state index in [4.69, 9.17) is 14.2 Å². The highest BCUT2D eigenvalue weighted by atomic mass is 79.9. The van der Waals surface area contributed by atoms with Crippen LogP contribution in [0, 0.1) is 6.92 Å². The van der Waals surface area contributed by atoms with Crippen molar-refractivity contribution in [2.75, 3.05) is 33.0 Å². The van der Waals surface area contributed by atoms with Crippen molar-refractivity contribution in [1.82, 2.24) is 0 Å². The molecule has 0 spiro atoms. The minimum atomic E-state index is -4.42. The molecule has 1 saturated heterocycles. The zero-order chi connectivity index (χ0) is 21.8. The molecular weight excluding hydrogens is 476 g/mol. The molecular formula is C21H25BrO7S. The highest BCUT2D eigenvalue weighted by Crippen LogP contribution is 2.28. The van der Waals surface area contributed by atoms with E-state index in [1.807, 2.05) is 19.1 Å². The fraction of sp³-hybridized carbons (Fsp3) is 0.429. The monoisotopic (exact) mass is 500 g/mol. The molecule has 0 radical (unpaired) electrons. The number of aliphatic hydroxyl groups is 1. The van der Waals surface area contributed by atoms with Gasteiger partial charge >= 0.3 is 0 Å². The molecule has 164 valence electrons. The van der Waals surface area contributed by atoms with E-state index < -0.39 is 21.6 Å². The lowest BCUT2D eigenvalue weighted by Crippen LogP contribution is -2.35. The number of aryl methyl sites for hydroxylation is 1. The average Bonchev–Trinajstić information content (AvgIpc) is 3.11. The Labute approximate surface area is 184 Å². The van der Waals surface area contributed by atoms with Gasteiger partial charge in [0, 0.05) is 23.4 Å². The van der Waals surface area contributed by atoms with Gasteiger partial charge in [0.25, 0.3) is 10.1 Å². The van der Waals surface area contributed by atoms with E-state index in [1.165, 1.54) is 6.07 Å². The third-order valence-corrected chi connectivity index (χ3v) is 6.38. The maximum Gasteiger partial charge on any atom is 0.294 e. The second-order valence-corrected chi connectivity index (χ2v) is 9.83. The van der Waals surface area contributed by atoms with Gasteiger partial charge in [-0.25, -0.2) is 0 Å². The minimum absolute atomic E-state index is 0.0643. The predicted octanol–water partition coefficient (Wildman–Crippen LogP) is 3.33. The van der Waals surface area contributed by atoms with E-state index in [2.05, 4.69) is 15.9 Å². The SMILES string of the molecule is Cc1ccc(S(=O)(=O)O)c(C(COCC2(O)CCOC2)COc2ccc(Br)cc2)c1. The van der Waals surface area contributed by atoms with Gasteiger partial charge in [-0.3, -0.25) is 4.55 Å². The predicted molar refractivity (Wildman–Crippen MR) is 115 cm³/mol. The summed E-state index contributed by atoms with van der Waals surface area (Å²) in [4.78, 5) is -0.177. The topological polar surface area (TPSA) is 102 Å². The van der Waals surface area contributed by atoms with Crippen LogP contribution < -0.4 is 4.74 Å². The number of hydrogen-bond acceptors (Lipinski definition) is 6. The first-order valence-corrected chi connectivity index (χ1v) is 11.7.